The highest BCUT2D eigenvalue weighted by Crippen LogP contribution is 2.28. The van der Waals surface area contributed by atoms with Crippen LogP contribution in [0.4, 0.5) is 0 Å². The third-order valence-corrected chi connectivity index (χ3v) is 3.06. The van der Waals surface area contributed by atoms with E-state index >= 15 is 0 Å². The molecule has 0 bridgehead atoms. The molecule has 0 N–H and O–H groups in total. The van der Waals surface area contributed by atoms with Gasteiger partial charge in [0.2, 0.25) is 0 Å². The smallest absolute Gasteiger partial charge is 0.146 e. The number of rotatable bonds is 4. The fourth-order valence-corrected chi connectivity index (χ4v) is 1.96. The summed E-state index contributed by atoms with van der Waals surface area (Å²) >= 11 is 0. The van der Waals surface area contributed by atoms with Gasteiger partial charge >= 0.3 is 0 Å². The van der Waals surface area contributed by atoms with Crippen LogP contribution in [0, 0.1) is 13.8 Å². The predicted molar refractivity (Wildman–Crippen MR) is 85.0 cm³/mol. The number of pyridine rings is 1. The van der Waals surface area contributed by atoms with E-state index in [1.54, 1.807) is 12.3 Å². The van der Waals surface area contributed by atoms with Crippen molar-refractivity contribution >= 4 is 12.2 Å². The topological polar surface area (TPSA) is 22.1 Å². The van der Waals surface area contributed by atoms with Gasteiger partial charge in [0, 0.05) is 11.3 Å². The Bertz CT molecular complexity index is 656. The number of aryl methyl sites for hydroxylation is 2. The number of aromatic nitrogens is 1. The van der Waals surface area contributed by atoms with Gasteiger partial charge in [0.1, 0.15) is 11.5 Å². The zero-order valence-electron chi connectivity index (χ0n) is 12.2. The Morgan fingerprint density at radius 3 is 2.65 bits per heavy atom. The van der Waals surface area contributed by atoms with Crippen LogP contribution in [0.1, 0.15) is 29.3 Å². The second-order valence-corrected chi connectivity index (χ2v) is 4.69. The van der Waals surface area contributed by atoms with Crippen LogP contribution < -0.4 is 4.74 Å². The van der Waals surface area contributed by atoms with Crippen molar-refractivity contribution in [1.82, 2.24) is 4.98 Å². The monoisotopic (exact) mass is 265 g/mol. The van der Waals surface area contributed by atoms with E-state index in [2.05, 4.69) is 11.6 Å². The van der Waals surface area contributed by atoms with E-state index in [0.29, 0.717) is 0 Å². The number of allylic oxidation sites excluding steroid dienone is 1. The van der Waals surface area contributed by atoms with Gasteiger partial charge in [0.05, 0.1) is 6.20 Å². The van der Waals surface area contributed by atoms with Crippen LogP contribution in [0.15, 0.2) is 43.1 Å². The molecule has 0 aliphatic carbocycles. The Labute approximate surface area is 120 Å². The minimum absolute atomic E-state index is 0.734. The number of nitrogens with zero attached hydrogens (tertiary/aromatic N) is 1. The predicted octanol–water partition coefficient (Wildman–Crippen LogP) is 5.17. The number of ether oxygens (including phenoxy) is 1. The van der Waals surface area contributed by atoms with Crippen LogP contribution in [0.3, 0.4) is 0 Å². The standard InChI is InChI=1S/C18H19NO/c1-5-7-16-11-17(12-19-14(16)4)20-18-10-13(3)8-9-15(18)6-2/h5-12H,2H2,1,3-4H3/b7-5-. The minimum atomic E-state index is 0.734. The quantitative estimate of drug-likeness (QED) is 0.761. The van der Waals surface area contributed by atoms with Crippen molar-refractivity contribution in [2.75, 3.05) is 0 Å². The molecule has 0 aliphatic rings. The van der Waals surface area contributed by atoms with Gasteiger partial charge in [0.25, 0.3) is 0 Å². The van der Waals surface area contributed by atoms with E-state index in [0.717, 1.165) is 33.9 Å². The van der Waals surface area contributed by atoms with Gasteiger partial charge in [-0.2, -0.15) is 0 Å². The maximum Gasteiger partial charge on any atom is 0.146 e. The summed E-state index contributed by atoms with van der Waals surface area (Å²) in [5.74, 6) is 1.54. The molecule has 20 heavy (non-hydrogen) atoms. The fraction of sp³-hybridized carbons (Fsp3) is 0.167. The highest BCUT2D eigenvalue weighted by Gasteiger charge is 2.05. The molecule has 0 aliphatic heterocycles. The molecule has 0 saturated heterocycles. The minimum Gasteiger partial charge on any atom is -0.455 e. The fourth-order valence-electron chi connectivity index (χ4n) is 1.96. The lowest BCUT2D eigenvalue weighted by Gasteiger charge is -2.11. The first kappa shape index (κ1) is 14.1. The number of benzene rings is 1. The molecule has 2 aromatic rings. The molecule has 0 unspecified atom stereocenters. The molecule has 1 heterocycles. The van der Waals surface area contributed by atoms with Gasteiger partial charge < -0.3 is 4.74 Å². The lowest BCUT2D eigenvalue weighted by Crippen LogP contribution is -1.92. The average molecular weight is 265 g/mol. The third-order valence-electron chi connectivity index (χ3n) is 3.06. The number of hydrogen-bond donors (Lipinski definition) is 0. The molecule has 1 aromatic heterocycles. The molecular weight excluding hydrogens is 246 g/mol. The first-order valence-electron chi connectivity index (χ1n) is 6.64. The molecule has 0 amide bonds. The average Bonchev–Trinajstić information content (AvgIpc) is 2.43. The van der Waals surface area contributed by atoms with E-state index in [-0.39, 0.29) is 0 Å². The Hall–Kier alpha value is -2.35. The van der Waals surface area contributed by atoms with Crippen molar-refractivity contribution in [2.45, 2.75) is 20.8 Å². The maximum absolute atomic E-state index is 5.96. The Morgan fingerprint density at radius 2 is 1.95 bits per heavy atom. The van der Waals surface area contributed by atoms with Crippen molar-refractivity contribution in [1.29, 1.82) is 0 Å². The molecule has 2 rings (SSSR count). The van der Waals surface area contributed by atoms with Crippen molar-refractivity contribution in [3.05, 3.63) is 65.5 Å². The molecule has 0 fully saturated rings. The van der Waals surface area contributed by atoms with E-state index in [9.17, 15) is 0 Å². The summed E-state index contributed by atoms with van der Waals surface area (Å²) in [5, 5.41) is 0. The molecular formula is C18H19NO. The Balaban J connectivity index is 2.37. The van der Waals surface area contributed by atoms with Crippen molar-refractivity contribution in [3.63, 3.8) is 0 Å². The molecule has 0 spiro atoms. The van der Waals surface area contributed by atoms with E-state index in [1.807, 2.05) is 57.2 Å². The van der Waals surface area contributed by atoms with Gasteiger partial charge in [0.15, 0.2) is 0 Å². The maximum atomic E-state index is 5.96. The highest BCUT2D eigenvalue weighted by molar-refractivity contribution is 5.58. The molecule has 1 aromatic carbocycles. The first-order valence-corrected chi connectivity index (χ1v) is 6.64. The summed E-state index contributed by atoms with van der Waals surface area (Å²) in [4.78, 5) is 4.37. The van der Waals surface area contributed by atoms with Gasteiger partial charge in [-0.05, 0) is 44.0 Å². The Morgan fingerprint density at radius 1 is 1.15 bits per heavy atom. The van der Waals surface area contributed by atoms with Gasteiger partial charge in [-0.25, -0.2) is 0 Å². The summed E-state index contributed by atoms with van der Waals surface area (Å²) in [6, 6.07) is 8.05. The SMILES string of the molecule is C=Cc1ccc(C)cc1Oc1cnc(C)c(/C=C\C)c1. The summed E-state index contributed by atoms with van der Waals surface area (Å²) < 4.78 is 5.96. The van der Waals surface area contributed by atoms with Crippen LogP contribution in [0.2, 0.25) is 0 Å². The lowest BCUT2D eigenvalue weighted by atomic mass is 10.1. The summed E-state index contributed by atoms with van der Waals surface area (Å²) in [5.41, 5.74) is 4.18. The zero-order chi connectivity index (χ0) is 14.5. The van der Waals surface area contributed by atoms with Crippen molar-refractivity contribution in [2.24, 2.45) is 0 Å². The van der Waals surface area contributed by atoms with Gasteiger partial charge in [-0.1, -0.05) is 36.9 Å². The van der Waals surface area contributed by atoms with Crippen LogP contribution in [-0.2, 0) is 0 Å². The summed E-state index contributed by atoms with van der Waals surface area (Å²) in [6.07, 6.45) is 7.57. The second kappa shape index (κ2) is 6.20. The van der Waals surface area contributed by atoms with Crippen LogP contribution in [-0.4, -0.2) is 4.98 Å². The molecule has 0 saturated carbocycles. The van der Waals surface area contributed by atoms with Gasteiger partial charge in [-0.3, -0.25) is 4.98 Å². The largest absolute Gasteiger partial charge is 0.455 e. The normalized spacial score (nSPS) is 10.8. The number of hydrogen-bond acceptors (Lipinski definition) is 2. The summed E-state index contributed by atoms with van der Waals surface area (Å²) in [6.45, 7) is 9.83. The van der Waals surface area contributed by atoms with E-state index in [4.69, 9.17) is 4.74 Å². The molecule has 0 radical (unpaired) electrons. The van der Waals surface area contributed by atoms with Crippen molar-refractivity contribution < 1.29 is 4.74 Å². The van der Waals surface area contributed by atoms with Crippen LogP contribution >= 0.6 is 0 Å². The van der Waals surface area contributed by atoms with Crippen molar-refractivity contribution in [3.8, 4) is 11.5 Å². The summed E-state index contributed by atoms with van der Waals surface area (Å²) in [7, 11) is 0. The highest BCUT2D eigenvalue weighted by atomic mass is 16.5. The Kier molecular flexibility index (Phi) is 4.36. The molecule has 2 nitrogen and oxygen atoms in total. The van der Waals surface area contributed by atoms with Crippen LogP contribution in [0.5, 0.6) is 11.5 Å². The molecule has 2 heteroatoms. The zero-order valence-corrected chi connectivity index (χ0v) is 12.2. The lowest BCUT2D eigenvalue weighted by molar-refractivity contribution is 0.478. The molecule has 0 atom stereocenters. The van der Waals surface area contributed by atoms with Crippen LogP contribution in [0.25, 0.3) is 12.2 Å². The first-order chi connectivity index (χ1) is 9.63. The second-order valence-electron chi connectivity index (χ2n) is 4.69. The van der Waals surface area contributed by atoms with E-state index in [1.165, 1.54) is 0 Å². The van der Waals surface area contributed by atoms with Gasteiger partial charge in [-0.15, -0.1) is 0 Å². The molecule has 102 valence electrons. The third kappa shape index (κ3) is 3.15. The van der Waals surface area contributed by atoms with E-state index < -0.39 is 0 Å².